The van der Waals surface area contributed by atoms with Crippen molar-refractivity contribution >= 4 is 39.3 Å². The van der Waals surface area contributed by atoms with Crippen LogP contribution in [0.2, 0.25) is 0 Å². The van der Waals surface area contributed by atoms with E-state index in [1.54, 1.807) is 17.7 Å². The van der Waals surface area contributed by atoms with E-state index in [9.17, 15) is 13.2 Å². The molecule has 0 spiro atoms. The average molecular weight is 266 g/mol. The van der Waals surface area contributed by atoms with Gasteiger partial charge in [0.2, 0.25) is 0 Å². The molecule has 0 aromatic rings. The summed E-state index contributed by atoms with van der Waals surface area (Å²) in [5, 5.41) is 4.69. The van der Waals surface area contributed by atoms with Crippen LogP contribution in [0.5, 0.6) is 0 Å². The van der Waals surface area contributed by atoms with Gasteiger partial charge in [0.25, 0.3) is 0 Å². The van der Waals surface area contributed by atoms with Gasteiger partial charge in [0.15, 0.2) is 15.6 Å². The summed E-state index contributed by atoms with van der Waals surface area (Å²) in [7, 11) is -3.50. The monoisotopic (exact) mass is 266 g/mol. The summed E-state index contributed by atoms with van der Waals surface area (Å²) in [6.45, 7) is 1.82. The Hall–Kier alpha value is -0.400. The number of ether oxygens (including phenoxy) is 1. The number of carbonyl (C=O) groups excluding carboxylic acids is 1. The Labute approximate surface area is 97.1 Å². The average Bonchev–Trinajstić information content (AvgIpc) is 2.54. The Morgan fingerprint density at radius 3 is 2.60 bits per heavy atom. The van der Waals surface area contributed by atoms with E-state index in [2.05, 4.69) is 4.74 Å². The lowest BCUT2D eigenvalue weighted by Gasteiger charge is -2.00. The molecule has 1 aliphatic rings. The molecule has 0 aromatic carbocycles. The topological polar surface area (TPSA) is 60.4 Å². The molecule has 7 heteroatoms. The van der Waals surface area contributed by atoms with Crippen LogP contribution in [-0.4, -0.2) is 26.7 Å². The molecule has 84 valence electrons. The van der Waals surface area contributed by atoms with E-state index in [4.69, 9.17) is 0 Å². The Morgan fingerprint density at radius 1 is 1.47 bits per heavy atom. The van der Waals surface area contributed by atoms with E-state index < -0.39 is 21.6 Å². The predicted molar refractivity (Wildman–Crippen MR) is 62.8 cm³/mol. The molecule has 0 aromatic heterocycles. The molecule has 0 N–H and O–H groups in total. The maximum Gasteiger partial charge on any atom is 0.321 e. The third kappa shape index (κ3) is 4.76. The first kappa shape index (κ1) is 12.7. The molecule has 0 saturated carbocycles. The van der Waals surface area contributed by atoms with Crippen molar-refractivity contribution < 1.29 is 17.9 Å². The smallest absolute Gasteiger partial charge is 0.321 e. The molecule has 0 fully saturated rings. The molecule has 1 aliphatic heterocycles. The molecular weight excluding hydrogens is 256 g/mol. The van der Waals surface area contributed by atoms with Gasteiger partial charge in [-0.2, -0.15) is 0 Å². The van der Waals surface area contributed by atoms with Crippen LogP contribution in [0.15, 0.2) is 20.5 Å². The van der Waals surface area contributed by atoms with Gasteiger partial charge in [0.05, 0.1) is 16.3 Å². The van der Waals surface area contributed by atoms with E-state index in [-0.39, 0.29) is 6.61 Å². The molecule has 1 heterocycles. The molecule has 0 bridgehead atoms. The standard InChI is InChI=1S/C8H10O4S3/c1-2-12-7(9)5-15(10,11)6-8-13-3-4-14-8/h3-4,6H,2,5H2,1H3. The maximum atomic E-state index is 11.4. The second kappa shape index (κ2) is 5.62. The Kier molecular flexibility index (Phi) is 4.75. The number of carbonyl (C=O) groups is 1. The molecule has 0 unspecified atom stereocenters. The summed E-state index contributed by atoms with van der Waals surface area (Å²) >= 11 is 2.64. The quantitative estimate of drug-likeness (QED) is 0.722. The van der Waals surface area contributed by atoms with Gasteiger partial charge >= 0.3 is 5.97 Å². The fraction of sp³-hybridized carbons (Fsp3) is 0.375. The predicted octanol–water partition coefficient (Wildman–Crippen LogP) is 1.71. The second-order valence-electron chi connectivity index (χ2n) is 2.56. The molecule has 15 heavy (non-hydrogen) atoms. The fourth-order valence-electron chi connectivity index (χ4n) is 0.828. The van der Waals surface area contributed by atoms with Crippen molar-refractivity contribution in [1.29, 1.82) is 0 Å². The van der Waals surface area contributed by atoms with Crippen LogP contribution in [0.4, 0.5) is 0 Å². The highest BCUT2D eigenvalue weighted by molar-refractivity contribution is 8.28. The van der Waals surface area contributed by atoms with Crippen LogP contribution in [0.1, 0.15) is 6.92 Å². The van der Waals surface area contributed by atoms with Crippen LogP contribution in [0.3, 0.4) is 0 Å². The van der Waals surface area contributed by atoms with E-state index in [1.807, 2.05) is 0 Å². The van der Waals surface area contributed by atoms with Crippen molar-refractivity contribution in [2.45, 2.75) is 6.92 Å². The Bertz CT molecular complexity index is 384. The van der Waals surface area contributed by atoms with Crippen LogP contribution in [0.25, 0.3) is 0 Å². The lowest BCUT2D eigenvalue weighted by Crippen LogP contribution is -2.16. The number of hydrogen-bond donors (Lipinski definition) is 0. The highest BCUT2D eigenvalue weighted by Gasteiger charge is 2.17. The van der Waals surface area contributed by atoms with Gasteiger partial charge in [0, 0.05) is 0 Å². The van der Waals surface area contributed by atoms with E-state index >= 15 is 0 Å². The van der Waals surface area contributed by atoms with Crippen molar-refractivity contribution in [1.82, 2.24) is 0 Å². The van der Waals surface area contributed by atoms with Crippen molar-refractivity contribution in [2.24, 2.45) is 0 Å². The molecule has 0 aliphatic carbocycles. The van der Waals surface area contributed by atoms with Gasteiger partial charge in [-0.3, -0.25) is 4.79 Å². The van der Waals surface area contributed by atoms with Gasteiger partial charge in [-0.15, -0.1) is 0 Å². The van der Waals surface area contributed by atoms with Crippen LogP contribution in [0, 0.1) is 0 Å². The molecule has 0 atom stereocenters. The van der Waals surface area contributed by atoms with Crippen molar-refractivity contribution in [3.05, 3.63) is 20.5 Å². The first-order valence-corrected chi connectivity index (χ1v) is 7.59. The molecule has 0 amide bonds. The minimum atomic E-state index is -3.50. The fourth-order valence-corrected chi connectivity index (χ4v) is 4.21. The minimum absolute atomic E-state index is 0.190. The molecule has 0 radical (unpaired) electrons. The summed E-state index contributed by atoms with van der Waals surface area (Å²) in [4.78, 5) is 11.0. The second-order valence-corrected chi connectivity index (χ2v) is 6.56. The number of hydrogen-bond acceptors (Lipinski definition) is 6. The third-order valence-corrected chi connectivity index (χ3v) is 4.85. The molecule has 0 saturated heterocycles. The van der Waals surface area contributed by atoms with Gasteiger partial charge in [-0.25, -0.2) is 8.42 Å². The number of esters is 1. The van der Waals surface area contributed by atoms with Crippen LogP contribution < -0.4 is 0 Å². The molecule has 4 nitrogen and oxygen atoms in total. The van der Waals surface area contributed by atoms with E-state index in [1.165, 1.54) is 23.5 Å². The number of sulfone groups is 1. The highest BCUT2D eigenvalue weighted by atomic mass is 32.2. The summed E-state index contributed by atoms with van der Waals surface area (Å²) in [5.41, 5.74) is 0. The third-order valence-electron chi connectivity index (χ3n) is 1.32. The molecular formula is C8H10O4S3. The molecule has 1 rings (SSSR count). The van der Waals surface area contributed by atoms with Gasteiger partial charge in [0.1, 0.15) is 0 Å². The lowest BCUT2D eigenvalue weighted by atomic mass is 10.8. The summed E-state index contributed by atoms with van der Waals surface area (Å²) < 4.78 is 28.1. The first-order valence-electron chi connectivity index (χ1n) is 4.12. The van der Waals surface area contributed by atoms with Gasteiger partial charge in [-0.1, -0.05) is 23.5 Å². The highest BCUT2D eigenvalue weighted by Crippen LogP contribution is 2.37. The first-order chi connectivity index (χ1) is 7.03. The van der Waals surface area contributed by atoms with Crippen LogP contribution in [-0.2, 0) is 19.4 Å². The number of rotatable bonds is 4. The van der Waals surface area contributed by atoms with Crippen molar-refractivity contribution in [3.8, 4) is 0 Å². The maximum absolute atomic E-state index is 11.4. The summed E-state index contributed by atoms with van der Waals surface area (Å²) in [6, 6.07) is 0. The SMILES string of the molecule is CCOC(=O)CS(=O)(=O)C=C1SC=CS1. The lowest BCUT2D eigenvalue weighted by molar-refractivity contribution is -0.139. The van der Waals surface area contributed by atoms with Gasteiger partial charge in [-0.05, 0) is 17.7 Å². The van der Waals surface area contributed by atoms with Crippen LogP contribution >= 0.6 is 23.5 Å². The summed E-state index contributed by atoms with van der Waals surface area (Å²) in [6.07, 6.45) is 0. The minimum Gasteiger partial charge on any atom is -0.465 e. The zero-order chi connectivity index (χ0) is 11.3. The Balaban J connectivity index is 2.60. The zero-order valence-corrected chi connectivity index (χ0v) is 10.5. The van der Waals surface area contributed by atoms with Gasteiger partial charge < -0.3 is 4.74 Å². The van der Waals surface area contributed by atoms with E-state index in [0.29, 0.717) is 4.24 Å². The zero-order valence-electron chi connectivity index (χ0n) is 8.00. The van der Waals surface area contributed by atoms with Crippen molar-refractivity contribution in [2.75, 3.05) is 12.4 Å². The van der Waals surface area contributed by atoms with Crippen molar-refractivity contribution in [3.63, 3.8) is 0 Å². The normalized spacial score (nSPS) is 15.4. The largest absolute Gasteiger partial charge is 0.465 e. The number of thioether (sulfide) groups is 2. The van der Waals surface area contributed by atoms with E-state index in [0.717, 1.165) is 5.41 Å². The summed E-state index contributed by atoms with van der Waals surface area (Å²) in [5.74, 6) is -1.30. The Morgan fingerprint density at radius 2 is 2.07 bits per heavy atom.